The number of nitrogens with one attached hydrogen (secondary N) is 1. The third-order valence-electron chi connectivity index (χ3n) is 5.49. The van der Waals surface area contributed by atoms with E-state index in [1.807, 2.05) is 0 Å². The molecule has 2 aromatic carbocycles. The molecule has 4 rings (SSSR count). The number of furan rings is 1. The second kappa shape index (κ2) is 10.4. The summed E-state index contributed by atoms with van der Waals surface area (Å²) in [5.41, 5.74) is 1.31. The van der Waals surface area contributed by atoms with Gasteiger partial charge in [-0.3, -0.25) is 14.4 Å². The van der Waals surface area contributed by atoms with Crippen LogP contribution < -0.4 is 15.0 Å². The summed E-state index contributed by atoms with van der Waals surface area (Å²) in [4.78, 5) is 41.5. The minimum absolute atomic E-state index is 0.0323. The number of carbonyl (C=O) groups excluding carboxylic acids is 3. The Balaban J connectivity index is 1.57. The van der Waals surface area contributed by atoms with Crippen molar-refractivity contribution in [1.29, 1.82) is 0 Å². The molecule has 0 aliphatic carbocycles. The number of halogens is 1. The van der Waals surface area contributed by atoms with Crippen LogP contribution in [0, 0.1) is 0 Å². The Morgan fingerprint density at radius 3 is 2.71 bits per heavy atom. The lowest BCUT2D eigenvalue weighted by Gasteiger charge is -2.23. The van der Waals surface area contributed by atoms with Crippen molar-refractivity contribution in [1.82, 2.24) is 4.90 Å². The number of nitrogens with zero attached hydrogens (tertiary/aromatic N) is 2. The molecule has 3 aromatic rings. The smallest absolute Gasteiger partial charge is 0.254 e. The van der Waals surface area contributed by atoms with Crippen molar-refractivity contribution in [3.63, 3.8) is 0 Å². The van der Waals surface area contributed by atoms with Crippen LogP contribution in [0.1, 0.15) is 29.0 Å². The molecule has 8 nitrogen and oxygen atoms in total. The molecule has 1 saturated heterocycles. The van der Waals surface area contributed by atoms with Crippen LogP contribution in [-0.4, -0.2) is 42.8 Å². The predicted molar refractivity (Wildman–Crippen MR) is 128 cm³/mol. The highest BCUT2D eigenvalue weighted by atomic mass is 35.5. The van der Waals surface area contributed by atoms with Gasteiger partial charge in [-0.1, -0.05) is 23.7 Å². The van der Waals surface area contributed by atoms with E-state index in [1.54, 1.807) is 59.5 Å². The summed E-state index contributed by atoms with van der Waals surface area (Å²) < 4.78 is 10.7. The van der Waals surface area contributed by atoms with Crippen molar-refractivity contribution in [2.24, 2.45) is 0 Å². The molecule has 3 amide bonds. The molecule has 34 heavy (non-hydrogen) atoms. The Morgan fingerprint density at radius 1 is 1.18 bits per heavy atom. The van der Waals surface area contributed by atoms with E-state index in [1.165, 1.54) is 18.3 Å². The summed E-state index contributed by atoms with van der Waals surface area (Å²) in [6, 6.07) is 15.2. The SMILES string of the molecule is COc1ccccc1NC(=O)CN(Cc1ccco1)C(=O)c1ccc(Cl)c(N2CCCC2=O)c1. The summed E-state index contributed by atoms with van der Waals surface area (Å²) in [6.07, 6.45) is 2.69. The molecule has 176 valence electrons. The number of benzene rings is 2. The van der Waals surface area contributed by atoms with Gasteiger partial charge in [-0.2, -0.15) is 0 Å². The number of anilines is 2. The summed E-state index contributed by atoms with van der Waals surface area (Å²) in [5.74, 6) is 0.222. The van der Waals surface area contributed by atoms with E-state index in [0.29, 0.717) is 46.4 Å². The summed E-state index contributed by atoms with van der Waals surface area (Å²) in [7, 11) is 1.51. The molecule has 1 aromatic heterocycles. The van der Waals surface area contributed by atoms with Crippen LogP contribution in [0.25, 0.3) is 0 Å². The van der Waals surface area contributed by atoms with Crippen molar-refractivity contribution < 1.29 is 23.5 Å². The van der Waals surface area contributed by atoms with Crippen LogP contribution in [0.15, 0.2) is 65.3 Å². The van der Waals surface area contributed by atoms with E-state index in [2.05, 4.69) is 5.32 Å². The minimum Gasteiger partial charge on any atom is -0.495 e. The van der Waals surface area contributed by atoms with Gasteiger partial charge in [-0.15, -0.1) is 0 Å². The van der Waals surface area contributed by atoms with E-state index >= 15 is 0 Å². The zero-order valence-corrected chi connectivity index (χ0v) is 19.4. The molecule has 0 spiro atoms. The maximum absolute atomic E-state index is 13.5. The summed E-state index contributed by atoms with van der Waals surface area (Å²) in [6.45, 7) is 0.414. The van der Waals surface area contributed by atoms with E-state index < -0.39 is 11.8 Å². The average Bonchev–Trinajstić information content (AvgIpc) is 3.50. The second-order valence-corrected chi connectivity index (χ2v) is 8.21. The van der Waals surface area contributed by atoms with Gasteiger partial charge in [0.15, 0.2) is 0 Å². The number of carbonyl (C=O) groups is 3. The standard InChI is InChI=1S/C25H24ClN3O5/c1-33-22-8-3-2-7-20(22)27-23(30)16-28(15-18-6-5-13-34-18)25(32)17-10-11-19(26)21(14-17)29-12-4-9-24(29)31/h2-3,5-8,10-11,13-14H,4,9,12,15-16H2,1H3,(H,27,30). The van der Waals surface area contributed by atoms with Crippen molar-refractivity contribution in [3.8, 4) is 5.75 Å². The van der Waals surface area contributed by atoms with Crippen molar-refractivity contribution in [2.45, 2.75) is 19.4 Å². The largest absolute Gasteiger partial charge is 0.495 e. The van der Waals surface area contributed by atoms with Gasteiger partial charge in [0.05, 0.1) is 36.3 Å². The number of methoxy groups -OCH3 is 1. The highest BCUT2D eigenvalue weighted by Crippen LogP contribution is 2.31. The quantitative estimate of drug-likeness (QED) is 0.516. The number of hydrogen-bond donors (Lipinski definition) is 1. The predicted octanol–water partition coefficient (Wildman–Crippen LogP) is 4.35. The Bertz CT molecular complexity index is 1200. The molecular weight excluding hydrogens is 458 g/mol. The number of rotatable bonds is 8. The van der Waals surface area contributed by atoms with Crippen LogP contribution in [0.5, 0.6) is 5.75 Å². The van der Waals surface area contributed by atoms with E-state index in [9.17, 15) is 14.4 Å². The molecule has 1 aliphatic rings. The van der Waals surface area contributed by atoms with Crippen LogP contribution in [0.2, 0.25) is 5.02 Å². The molecule has 0 radical (unpaired) electrons. The maximum Gasteiger partial charge on any atom is 0.254 e. The molecule has 2 heterocycles. The lowest BCUT2D eigenvalue weighted by Crippen LogP contribution is -2.37. The lowest BCUT2D eigenvalue weighted by molar-refractivity contribution is -0.117. The molecule has 9 heteroatoms. The van der Waals surface area contributed by atoms with Gasteiger partial charge < -0.3 is 24.3 Å². The Morgan fingerprint density at radius 2 is 2.00 bits per heavy atom. The number of para-hydroxylation sites is 2. The molecular formula is C25H24ClN3O5. The van der Waals surface area contributed by atoms with Gasteiger partial charge in [0, 0.05) is 18.5 Å². The molecule has 0 atom stereocenters. The van der Waals surface area contributed by atoms with Crippen molar-refractivity contribution >= 4 is 40.7 Å². The second-order valence-electron chi connectivity index (χ2n) is 7.80. The highest BCUT2D eigenvalue weighted by Gasteiger charge is 2.26. The van der Waals surface area contributed by atoms with Crippen LogP contribution in [0.3, 0.4) is 0 Å². The van der Waals surface area contributed by atoms with Crippen molar-refractivity contribution in [3.05, 3.63) is 77.2 Å². The zero-order valence-electron chi connectivity index (χ0n) is 18.6. The molecule has 0 unspecified atom stereocenters. The summed E-state index contributed by atoms with van der Waals surface area (Å²) >= 11 is 6.33. The third kappa shape index (κ3) is 5.23. The lowest BCUT2D eigenvalue weighted by atomic mass is 10.1. The monoisotopic (exact) mass is 481 g/mol. The van der Waals surface area contributed by atoms with Crippen LogP contribution in [0.4, 0.5) is 11.4 Å². The fourth-order valence-corrected chi connectivity index (χ4v) is 4.06. The fourth-order valence-electron chi connectivity index (χ4n) is 3.84. The number of ether oxygens (including phenoxy) is 1. The average molecular weight is 482 g/mol. The molecule has 0 bridgehead atoms. The Hall–Kier alpha value is -3.78. The number of hydrogen-bond acceptors (Lipinski definition) is 5. The van der Waals surface area contributed by atoms with E-state index in [-0.39, 0.29) is 19.0 Å². The molecule has 1 fully saturated rings. The molecule has 1 N–H and O–H groups in total. The third-order valence-corrected chi connectivity index (χ3v) is 5.81. The Labute approximate surface area is 202 Å². The van der Waals surface area contributed by atoms with Gasteiger partial charge in [0.25, 0.3) is 5.91 Å². The van der Waals surface area contributed by atoms with Gasteiger partial charge in [0.2, 0.25) is 11.8 Å². The maximum atomic E-state index is 13.5. The van der Waals surface area contributed by atoms with Crippen molar-refractivity contribution in [2.75, 3.05) is 30.4 Å². The van der Waals surface area contributed by atoms with E-state index in [4.69, 9.17) is 20.8 Å². The zero-order chi connectivity index (χ0) is 24.1. The first-order valence-corrected chi connectivity index (χ1v) is 11.2. The van der Waals surface area contributed by atoms with Gasteiger partial charge in [-0.05, 0) is 48.9 Å². The minimum atomic E-state index is -0.395. The van der Waals surface area contributed by atoms with Crippen LogP contribution >= 0.6 is 11.6 Å². The first kappa shape index (κ1) is 23.4. The topological polar surface area (TPSA) is 92.1 Å². The van der Waals surface area contributed by atoms with Gasteiger partial charge in [-0.25, -0.2) is 0 Å². The first-order chi connectivity index (χ1) is 16.5. The molecule has 0 saturated carbocycles. The van der Waals surface area contributed by atoms with Gasteiger partial charge in [0.1, 0.15) is 18.1 Å². The first-order valence-electron chi connectivity index (χ1n) is 10.8. The number of amides is 3. The normalized spacial score (nSPS) is 13.1. The van der Waals surface area contributed by atoms with E-state index in [0.717, 1.165) is 6.42 Å². The fraction of sp³-hybridized carbons (Fsp3) is 0.240. The van der Waals surface area contributed by atoms with Gasteiger partial charge >= 0.3 is 0 Å². The van der Waals surface area contributed by atoms with Crippen LogP contribution in [-0.2, 0) is 16.1 Å². The highest BCUT2D eigenvalue weighted by molar-refractivity contribution is 6.34. The Kier molecular flexibility index (Phi) is 7.18. The molecule has 1 aliphatic heterocycles. The summed E-state index contributed by atoms with van der Waals surface area (Å²) in [5, 5.41) is 3.17.